The molecule has 6 heteroatoms. The molecule has 0 radical (unpaired) electrons. The minimum Gasteiger partial charge on any atom is -0.414 e. The van der Waals surface area contributed by atoms with Gasteiger partial charge in [0.1, 0.15) is 0 Å². The maximum Gasteiger partial charge on any atom is 0.315 e. The highest BCUT2D eigenvalue weighted by Gasteiger charge is 2.41. The van der Waals surface area contributed by atoms with Crippen molar-refractivity contribution < 1.29 is 14.3 Å². The molecule has 0 aromatic carbocycles. The van der Waals surface area contributed by atoms with Crippen LogP contribution in [0.1, 0.15) is 34.1 Å². The quantitative estimate of drug-likeness (QED) is 0.691. The monoisotopic (exact) mass is 288 g/mol. The molecule has 3 N–H and O–H groups in total. The summed E-state index contributed by atoms with van der Waals surface area (Å²) in [4.78, 5) is 11.6. The zero-order valence-corrected chi connectivity index (χ0v) is 14.0. The molecule has 112 valence electrons. The molecular weight excluding hydrogens is 260 g/mol. The molecule has 0 aromatic heterocycles. The van der Waals surface area contributed by atoms with Gasteiger partial charge in [0.2, 0.25) is 0 Å². The van der Waals surface area contributed by atoms with Crippen LogP contribution in [-0.4, -0.2) is 44.2 Å². The predicted octanol–water partition coefficient (Wildman–Crippen LogP) is 1.83. The Balaban J connectivity index is 2.67. The van der Waals surface area contributed by atoms with Crippen molar-refractivity contribution in [3.05, 3.63) is 0 Å². The Bertz CT molecular complexity index is 341. The molecule has 1 aliphatic heterocycles. The lowest BCUT2D eigenvalue weighted by molar-refractivity contribution is 0.120. The lowest BCUT2D eigenvalue weighted by Gasteiger charge is -2.43. The predicted molar refractivity (Wildman–Crippen MR) is 78.7 cm³/mol. The number of hydrogen-bond donors (Lipinski definition) is 3. The summed E-state index contributed by atoms with van der Waals surface area (Å²) in [5, 5.41) is 15.0. The van der Waals surface area contributed by atoms with Crippen LogP contribution in [0.5, 0.6) is 0 Å². The third-order valence-electron chi connectivity index (χ3n) is 4.23. The Kier molecular flexibility index (Phi) is 4.69. The van der Waals surface area contributed by atoms with Crippen molar-refractivity contribution in [1.29, 1.82) is 0 Å². The van der Waals surface area contributed by atoms with Crippen molar-refractivity contribution in [2.45, 2.75) is 63.8 Å². The van der Waals surface area contributed by atoms with Gasteiger partial charge < -0.3 is 20.2 Å². The van der Waals surface area contributed by atoms with Crippen molar-refractivity contribution in [2.75, 3.05) is 13.2 Å². The Morgan fingerprint density at radius 1 is 1.47 bits per heavy atom. The number of urea groups is 1. The molecule has 1 heterocycles. The first-order valence-corrected chi connectivity index (χ1v) is 9.73. The third kappa shape index (κ3) is 4.19. The van der Waals surface area contributed by atoms with Crippen LogP contribution in [-0.2, 0) is 4.43 Å². The van der Waals surface area contributed by atoms with Gasteiger partial charge >= 0.3 is 6.03 Å². The number of rotatable bonds is 4. The van der Waals surface area contributed by atoms with Gasteiger partial charge in [-0.1, -0.05) is 20.8 Å². The molecule has 0 saturated carbocycles. The van der Waals surface area contributed by atoms with E-state index in [0.717, 1.165) is 0 Å². The third-order valence-corrected chi connectivity index (χ3v) is 8.70. The van der Waals surface area contributed by atoms with Crippen molar-refractivity contribution >= 4 is 14.3 Å². The minimum atomic E-state index is -1.82. The second kappa shape index (κ2) is 5.42. The summed E-state index contributed by atoms with van der Waals surface area (Å²) in [6.07, 6.45) is 0.670. The van der Waals surface area contributed by atoms with Crippen molar-refractivity contribution in [2.24, 2.45) is 0 Å². The van der Waals surface area contributed by atoms with E-state index in [9.17, 15) is 9.90 Å². The lowest BCUT2D eigenvalue weighted by atomic mass is 9.92. The molecule has 2 amide bonds. The van der Waals surface area contributed by atoms with Crippen molar-refractivity contribution in [1.82, 2.24) is 10.6 Å². The van der Waals surface area contributed by atoms with E-state index in [1.165, 1.54) is 0 Å². The Hall–Kier alpha value is -0.593. The number of nitrogens with one attached hydrogen (secondary N) is 2. The van der Waals surface area contributed by atoms with Gasteiger partial charge in [0, 0.05) is 0 Å². The number of carbonyl (C=O) groups is 1. The molecule has 0 aliphatic carbocycles. The molecular formula is C13H28N2O3Si. The molecule has 0 unspecified atom stereocenters. The van der Waals surface area contributed by atoms with Crippen LogP contribution in [0.25, 0.3) is 0 Å². The molecule has 0 spiro atoms. The summed E-state index contributed by atoms with van der Waals surface area (Å²) in [7, 11) is -1.82. The number of aliphatic hydroxyl groups excluding tert-OH is 1. The van der Waals surface area contributed by atoms with E-state index in [1.807, 2.05) is 6.92 Å². The van der Waals surface area contributed by atoms with Gasteiger partial charge in [0.25, 0.3) is 0 Å². The number of amides is 2. The van der Waals surface area contributed by atoms with E-state index in [4.69, 9.17) is 4.43 Å². The highest BCUT2D eigenvalue weighted by Crippen LogP contribution is 2.37. The number of aliphatic hydroxyl groups is 1. The topological polar surface area (TPSA) is 70.6 Å². The number of carbonyl (C=O) groups excluding carboxylic acids is 1. The maximum atomic E-state index is 11.6. The second-order valence-corrected chi connectivity index (χ2v) is 12.1. The van der Waals surface area contributed by atoms with Crippen LogP contribution in [0.15, 0.2) is 0 Å². The van der Waals surface area contributed by atoms with Crippen molar-refractivity contribution in [3.63, 3.8) is 0 Å². The van der Waals surface area contributed by atoms with E-state index in [-0.39, 0.29) is 23.7 Å². The van der Waals surface area contributed by atoms with Gasteiger partial charge in [-0.3, -0.25) is 0 Å². The Labute approximate surface area is 117 Å². The summed E-state index contributed by atoms with van der Waals surface area (Å²) in [6, 6.07) is -0.423. The molecule has 19 heavy (non-hydrogen) atoms. The van der Waals surface area contributed by atoms with E-state index in [0.29, 0.717) is 13.0 Å². The van der Waals surface area contributed by atoms with Gasteiger partial charge in [-0.15, -0.1) is 0 Å². The summed E-state index contributed by atoms with van der Waals surface area (Å²) in [5.41, 5.74) is -0.411. The van der Waals surface area contributed by atoms with Gasteiger partial charge in [-0.05, 0) is 31.5 Å². The summed E-state index contributed by atoms with van der Waals surface area (Å²) in [6.45, 7) is 13.4. The average molecular weight is 288 g/mol. The lowest BCUT2D eigenvalue weighted by Crippen LogP contribution is -2.64. The molecule has 1 rings (SSSR count). The fourth-order valence-corrected chi connectivity index (χ4v) is 3.02. The van der Waals surface area contributed by atoms with E-state index in [1.54, 1.807) is 0 Å². The largest absolute Gasteiger partial charge is 0.414 e. The van der Waals surface area contributed by atoms with Crippen LogP contribution in [0.4, 0.5) is 4.79 Å². The highest BCUT2D eigenvalue weighted by atomic mass is 28.4. The zero-order valence-electron chi connectivity index (χ0n) is 13.0. The van der Waals surface area contributed by atoms with Crippen LogP contribution in [0, 0.1) is 0 Å². The average Bonchev–Trinajstić information content (AvgIpc) is 2.24. The smallest absolute Gasteiger partial charge is 0.315 e. The molecule has 5 nitrogen and oxygen atoms in total. The van der Waals surface area contributed by atoms with E-state index < -0.39 is 13.9 Å². The fraction of sp³-hybridized carbons (Fsp3) is 0.923. The second-order valence-electron chi connectivity index (χ2n) is 7.29. The van der Waals surface area contributed by atoms with E-state index in [2.05, 4.69) is 44.5 Å². The summed E-state index contributed by atoms with van der Waals surface area (Å²) >= 11 is 0. The van der Waals surface area contributed by atoms with Crippen LogP contribution in [0.2, 0.25) is 18.1 Å². The minimum absolute atomic E-state index is 0.0386. The molecule has 1 aliphatic rings. The van der Waals surface area contributed by atoms with Gasteiger partial charge in [0.15, 0.2) is 8.32 Å². The highest BCUT2D eigenvalue weighted by molar-refractivity contribution is 6.74. The SMILES string of the molecule is CC(C)(C)[Si](C)(C)OC[C@@]1(C)C[C@@H](CO)NC(=O)N1. The van der Waals surface area contributed by atoms with Gasteiger partial charge in [0.05, 0.1) is 24.8 Å². The maximum absolute atomic E-state index is 11.6. The normalized spacial score (nSPS) is 28.8. The zero-order chi connectivity index (χ0) is 14.9. The Morgan fingerprint density at radius 3 is 2.53 bits per heavy atom. The molecule has 0 aromatic rings. The van der Waals surface area contributed by atoms with Gasteiger partial charge in [-0.2, -0.15) is 0 Å². The van der Waals surface area contributed by atoms with Crippen LogP contribution >= 0.6 is 0 Å². The molecule has 1 saturated heterocycles. The van der Waals surface area contributed by atoms with Gasteiger partial charge in [-0.25, -0.2) is 4.79 Å². The molecule has 0 bridgehead atoms. The van der Waals surface area contributed by atoms with E-state index >= 15 is 0 Å². The first kappa shape index (κ1) is 16.5. The Morgan fingerprint density at radius 2 is 2.05 bits per heavy atom. The first-order valence-electron chi connectivity index (χ1n) is 6.83. The first-order chi connectivity index (χ1) is 8.49. The van der Waals surface area contributed by atoms with Crippen LogP contribution < -0.4 is 10.6 Å². The standard InChI is InChI=1S/C13H28N2O3Si/c1-12(2,3)19(5,6)18-9-13(4)7-10(8-16)14-11(17)15-13/h10,16H,7-9H2,1-6H3,(H2,14,15,17)/t10-,13+/m0/s1. The fourth-order valence-electron chi connectivity index (χ4n) is 1.90. The molecule has 1 fully saturated rings. The summed E-state index contributed by atoms with van der Waals surface area (Å²) < 4.78 is 6.19. The van der Waals surface area contributed by atoms with Crippen LogP contribution in [0.3, 0.4) is 0 Å². The number of hydrogen-bond acceptors (Lipinski definition) is 3. The summed E-state index contributed by atoms with van der Waals surface area (Å²) in [5.74, 6) is 0. The van der Waals surface area contributed by atoms with Crippen molar-refractivity contribution in [3.8, 4) is 0 Å². The molecule has 2 atom stereocenters.